The summed E-state index contributed by atoms with van der Waals surface area (Å²) in [5, 5.41) is 11.0. The van der Waals surface area contributed by atoms with Gasteiger partial charge >= 0.3 is 0 Å². The third-order valence-corrected chi connectivity index (χ3v) is 4.01. The normalized spacial score (nSPS) is 17.9. The fourth-order valence-corrected chi connectivity index (χ4v) is 2.59. The van der Waals surface area contributed by atoms with Gasteiger partial charge in [-0.05, 0) is 13.1 Å². The lowest BCUT2D eigenvalue weighted by Gasteiger charge is -2.32. The molecule has 6 heteroatoms. The molecule has 0 bridgehead atoms. The summed E-state index contributed by atoms with van der Waals surface area (Å²) < 4.78 is 0.815. The highest BCUT2D eigenvalue weighted by molar-refractivity contribution is 9.10. The molecule has 1 fully saturated rings. The summed E-state index contributed by atoms with van der Waals surface area (Å²) in [5.74, 6) is 0. The van der Waals surface area contributed by atoms with Crippen LogP contribution in [0.4, 0.5) is 5.69 Å². The minimum absolute atomic E-state index is 0.198. The highest BCUT2D eigenvalue weighted by Crippen LogP contribution is 2.28. The smallest absolute Gasteiger partial charge is 0.275 e. The van der Waals surface area contributed by atoms with Crippen LogP contribution in [0.1, 0.15) is 5.56 Å². The number of likely N-dealkylation sites (N-methyl/N-ethyl adjacent to an activating group) is 1. The van der Waals surface area contributed by atoms with Crippen LogP contribution in [0.2, 0.25) is 0 Å². The largest absolute Gasteiger partial charge is 0.304 e. The van der Waals surface area contributed by atoms with E-state index in [0.717, 1.165) is 36.2 Å². The van der Waals surface area contributed by atoms with Gasteiger partial charge in [-0.25, -0.2) is 0 Å². The Morgan fingerprint density at radius 1 is 1.33 bits per heavy atom. The summed E-state index contributed by atoms with van der Waals surface area (Å²) in [4.78, 5) is 15.2. The topological polar surface area (TPSA) is 49.6 Å². The molecule has 1 aromatic carbocycles. The molecule has 0 saturated carbocycles. The minimum atomic E-state index is -0.309. The first-order valence-corrected chi connectivity index (χ1v) is 6.70. The number of hydrogen-bond donors (Lipinski definition) is 0. The average Bonchev–Trinajstić information content (AvgIpc) is 2.34. The predicted octanol–water partition coefficient (Wildman–Crippen LogP) is 2.10. The molecule has 5 nitrogen and oxygen atoms in total. The number of piperazine rings is 1. The summed E-state index contributed by atoms with van der Waals surface area (Å²) in [7, 11) is 2.10. The van der Waals surface area contributed by atoms with Crippen LogP contribution < -0.4 is 0 Å². The second-order valence-corrected chi connectivity index (χ2v) is 5.43. The lowest BCUT2D eigenvalue weighted by molar-refractivity contribution is -0.385. The van der Waals surface area contributed by atoms with Gasteiger partial charge in [-0.15, -0.1) is 0 Å². The number of nitro groups is 1. The molecule has 18 heavy (non-hydrogen) atoms. The van der Waals surface area contributed by atoms with Gasteiger partial charge in [0.15, 0.2) is 0 Å². The van der Waals surface area contributed by atoms with E-state index in [4.69, 9.17) is 0 Å². The van der Waals surface area contributed by atoms with E-state index >= 15 is 0 Å². The zero-order chi connectivity index (χ0) is 13.1. The van der Waals surface area contributed by atoms with Gasteiger partial charge in [0, 0.05) is 43.3 Å². The van der Waals surface area contributed by atoms with E-state index in [1.807, 2.05) is 6.07 Å². The Labute approximate surface area is 115 Å². The molecular formula is C12H16BrN3O2. The molecule has 2 rings (SSSR count). The zero-order valence-corrected chi connectivity index (χ0v) is 11.9. The molecule has 0 atom stereocenters. The predicted molar refractivity (Wildman–Crippen MR) is 73.6 cm³/mol. The number of benzene rings is 1. The van der Waals surface area contributed by atoms with E-state index in [9.17, 15) is 10.1 Å². The lowest BCUT2D eigenvalue weighted by Crippen LogP contribution is -2.44. The molecule has 0 aliphatic carbocycles. The van der Waals surface area contributed by atoms with Crippen LogP contribution in [0.5, 0.6) is 0 Å². The summed E-state index contributed by atoms with van der Waals surface area (Å²) in [6.45, 7) is 4.56. The second kappa shape index (κ2) is 5.77. The Balaban J connectivity index is 2.15. The van der Waals surface area contributed by atoms with Gasteiger partial charge < -0.3 is 4.90 Å². The van der Waals surface area contributed by atoms with Crippen LogP contribution in [-0.2, 0) is 6.54 Å². The average molecular weight is 314 g/mol. The van der Waals surface area contributed by atoms with Crippen LogP contribution in [-0.4, -0.2) is 47.9 Å². The van der Waals surface area contributed by atoms with Crippen LogP contribution in [0, 0.1) is 10.1 Å². The third kappa shape index (κ3) is 3.07. The van der Waals surface area contributed by atoms with Gasteiger partial charge in [0.1, 0.15) is 0 Å². The van der Waals surface area contributed by atoms with E-state index in [0.29, 0.717) is 6.54 Å². The maximum absolute atomic E-state index is 11.0. The summed E-state index contributed by atoms with van der Waals surface area (Å²) in [6, 6.07) is 5.13. The molecule has 1 saturated heterocycles. The van der Waals surface area contributed by atoms with Gasteiger partial charge in [-0.1, -0.05) is 22.0 Å². The first-order chi connectivity index (χ1) is 8.58. The molecule has 0 N–H and O–H groups in total. The second-order valence-electron chi connectivity index (χ2n) is 4.57. The van der Waals surface area contributed by atoms with E-state index in [-0.39, 0.29) is 10.6 Å². The minimum Gasteiger partial charge on any atom is -0.304 e. The van der Waals surface area contributed by atoms with Crippen molar-refractivity contribution in [3.63, 3.8) is 0 Å². The fourth-order valence-electron chi connectivity index (χ4n) is 2.10. The summed E-state index contributed by atoms with van der Waals surface area (Å²) in [6.07, 6.45) is 0. The molecule has 1 aliphatic rings. The molecule has 0 spiro atoms. The van der Waals surface area contributed by atoms with Crippen LogP contribution >= 0.6 is 15.9 Å². The van der Waals surface area contributed by atoms with Crippen LogP contribution in [0.3, 0.4) is 0 Å². The van der Waals surface area contributed by atoms with Crippen LogP contribution in [0.25, 0.3) is 0 Å². The maximum Gasteiger partial charge on any atom is 0.275 e. The van der Waals surface area contributed by atoms with Gasteiger partial charge in [0.25, 0.3) is 5.69 Å². The molecule has 1 heterocycles. The molecular weight excluding hydrogens is 298 g/mol. The monoisotopic (exact) mass is 313 g/mol. The van der Waals surface area contributed by atoms with Crippen molar-refractivity contribution in [3.8, 4) is 0 Å². The van der Waals surface area contributed by atoms with Crippen LogP contribution in [0.15, 0.2) is 22.7 Å². The van der Waals surface area contributed by atoms with Crippen molar-refractivity contribution >= 4 is 21.6 Å². The Kier molecular flexibility index (Phi) is 4.31. The standard InChI is InChI=1S/C12H16BrN3O2/c1-14-5-7-15(8-6-14)9-10-11(13)3-2-4-12(10)16(17)18/h2-4H,5-9H2,1H3. The van der Waals surface area contributed by atoms with Crippen molar-refractivity contribution in [1.29, 1.82) is 0 Å². The number of nitrogens with zero attached hydrogens (tertiary/aromatic N) is 3. The molecule has 0 amide bonds. The van der Waals surface area contributed by atoms with Crippen molar-refractivity contribution in [2.45, 2.75) is 6.54 Å². The molecule has 1 aromatic rings. The number of rotatable bonds is 3. The SMILES string of the molecule is CN1CCN(Cc2c(Br)cccc2[N+](=O)[O-])CC1. The number of nitro benzene ring substituents is 1. The zero-order valence-electron chi connectivity index (χ0n) is 10.3. The van der Waals surface area contributed by atoms with Crippen molar-refractivity contribution in [1.82, 2.24) is 9.80 Å². The summed E-state index contributed by atoms with van der Waals surface area (Å²) in [5.41, 5.74) is 0.968. The lowest BCUT2D eigenvalue weighted by atomic mass is 10.1. The van der Waals surface area contributed by atoms with Gasteiger partial charge in [0.2, 0.25) is 0 Å². The van der Waals surface area contributed by atoms with Crippen molar-refractivity contribution in [3.05, 3.63) is 38.3 Å². The molecule has 0 aromatic heterocycles. The van der Waals surface area contributed by atoms with Crippen molar-refractivity contribution < 1.29 is 4.92 Å². The first kappa shape index (κ1) is 13.5. The number of hydrogen-bond acceptors (Lipinski definition) is 4. The Morgan fingerprint density at radius 2 is 2.00 bits per heavy atom. The Bertz CT molecular complexity index is 445. The van der Waals surface area contributed by atoms with Crippen molar-refractivity contribution in [2.24, 2.45) is 0 Å². The molecule has 0 unspecified atom stereocenters. The number of halogens is 1. The van der Waals surface area contributed by atoms with E-state index in [1.54, 1.807) is 12.1 Å². The van der Waals surface area contributed by atoms with Crippen molar-refractivity contribution in [2.75, 3.05) is 33.2 Å². The van der Waals surface area contributed by atoms with E-state index in [1.165, 1.54) is 0 Å². The summed E-state index contributed by atoms with van der Waals surface area (Å²) >= 11 is 3.41. The van der Waals surface area contributed by atoms with Gasteiger partial charge in [-0.3, -0.25) is 15.0 Å². The molecule has 1 aliphatic heterocycles. The highest BCUT2D eigenvalue weighted by atomic mass is 79.9. The Hall–Kier alpha value is -0.980. The molecule has 98 valence electrons. The van der Waals surface area contributed by atoms with Gasteiger partial charge in [0.05, 0.1) is 10.5 Å². The molecule has 0 radical (unpaired) electrons. The third-order valence-electron chi connectivity index (χ3n) is 3.27. The van der Waals surface area contributed by atoms with Gasteiger partial charge in [-0.2, -0.15) is 0 Å². The first-order valence-electron chi connectivity index (χ1n) is 5.90. The quantitative estimate of drug-likeness (QED) is 0.633. The fraction of sp³-hybridized carbons (Fsp3) is 0.500. The van der Waals surface area contributed by atoms with E-state index < -0.39 is 0 Å². The van der Waals surface area contributed by atoms with E-state index in [2.05, 4.69) is 32.8 Å². The Morgan fingerprint density at radius 3 is 2.61 bits per heavy atom. The highest BCUT2D eigenvalue weighted by Gasteiger charge is 2.21. The maximum atomic E-state index is 11.0.